The topological polar surface area (TPSA) is 0 Å². The second kappa shape index (κ2) is 3.83. The fraction of sp³-hybridized carbons (Fsp3) is 0.818. The number of hydrogen-bond donors (Lipinski definition) is 0. The van der Waals surface area contributed by atoms with Gasteiger partial charge in [-0.05, 0) is 44.4 Å². The van der Waals surface area contributed by atoms with Crippen LogP contribution >= 0.6 is 11.6 Å². The van der Waals surface area contributed by atoms with E-state index in [0.717, 1.165) is 11.8 Å². The van der Waals surface area contributed by atoms with Crippen LogP contribution in [-0.2, 0) is 0 Å². The molecule has 0 nitrogen and oxygen atoms in total. The molecule has 12 heavy (non-hydrogen) atoms. The SMILES string of the molecule is CC(C)=CCCC1(CCl)CC1C. The van der Waals surface area contributed by atoms with E-state index >= 15 is 0 Å². The molecular weight excluding hydrogens is 168 g/mol. The van der Waals surface area contributed by atoms with Crippen LogP contribution in [0.5, 0.6) is 0 Å². The summed E-state index contributed by atoms with van der Waals surface area (Å²) in [5, 5.41) is 0. The summed E-state index contributed by atoms with van der Waals surface area (Å²) in [6.45, 7) is 6.62. The number of allylic oxidation sites excluding steroid dienone is 2. The smallest absolute Gasteiger partial charge is 0.0282 e. The van der Waals surface area contributed by atoms with Crippen LogP contribution < -0.4 is 0 Å². The lowest BCUT2D eigenvalue weighted by atomic mass is 9.99. The highest BCUT2D eigenvalue weighted by atomic mass is 35.5. The van der Waals surface area contributed by atoms with Crippen molar-refractivity contribution in [2.24, 2.45) is 11.3 Å². The zero-order valence-electron chi connectivity index (χ0n) is 8.36. The molecule has 0 saturated heterocycles. The zero-order chi connectivity index (χ0) is 9.19. The van der Waals surface area contributed by atoms with Crippen LogP contribution in [-0.4, -0.2) is 5.88 Å². The Balaban J connectivity index is 2.27. The largest absolute Gasteiger partial charge is 0.126 e. The van der Waals surface area contributed by atoms with Gasteiger partial charge in [0.25, 0.3) is 0 Å². The second-order valence-corrected chi connectivity index (χ2v) is 4.69. The minimum Gasteiger partial charge on any atom is -0.126 e. The molecule has 1 heteroatoms. The van der Waals surface area contributed by atoms with Gasteiger partial charge in [-0.3, -0.25) is 0 Å². The molecule has 1 aliphatic carbocycles. The Morgan fingerprint density at radius 3 is 2.50 bits per heavy atom. The maximum absolute atomic E-state index is 5.95. The quantitative estimate of drug-likeness (QED) is 0.460. The van der Waals surface area contributed by atoms with Crippen molar-refractivity contribution < 1.29 is 0 Å². The van der Waals surface area contributed by atoms with Gasteiger partial charge in [0.15, 0.2) is 0 Å². The van der Waals surface area contributed by atoms with Gasteiger partial charge in [0, 0.05) is 5.88 Å². The van der Waals surface area contributed by atoms with Crippen LogP contribution in [0.3, 0.4) is 0 Å². The minimum atomic E-state index is 0.507. The molecule has 0 amide bonds. The van der Waals surface area contributed by atoms with E-state index in [1.165, 1.54) is 24.8 Å². The van der Waals surface area contributed by atoms with E-state index in [1.54, 1.807) is 0 Å². The van der Waals surface area contributed by atoms with E-state index in [9.17, 15) is 0 Å². The summed E-state index contributed by atoms with van der Waals surface area (Å²) in [5.74, 6) is 1.71. The summed E-state index contributed by atoms with van der Waals surface area (Å²) in [7, 11) is 0. The third-order valence-electron chi connectivity index (χ3n) is 3.06. The highest BCUT2D eigenvalue weighted by Gasteiger charge is 2.49. The predicted octanol–water partition coefficient (Wildman–Crippen LogP) is 4.00. The lowest BCUT2D eigenvalue weighted by Crippen LogP contribution is -2.04. The Hall–Kier alpha value is 0.0300. The van der Waals surface area contributed by atoms with Crippen molar-refractivity contribution in [1.82, 2.24) is 0 Å². The Morgan fingerprint density at radius 2 is 2.17 bits per heavy atom. The van der Waals surface area contributed by atoms with Gasteiger partial charge < -0.3 is 0 Å². The van der Waals surface area contributed by atoms with Crippen molar-refractivity contribution in [1.29, 1.82) is 0 Å². The van der Waals surface area contributed by atoms with E-state index < -0.39 is 0 Å². The Morgan fingerprint density at radius 1 is 1.58 bits per heavy atom. The summed E-state index contributed by atoms with van der Waals surface area (Å²) in [4.78, 5) is 0. The second-order valence-electron chi connectivity index (χ2n) is 4.42. The van der Waals surface area contributed by atoms with Gasteiger partial charge in [0.1, 0.15) is 0 Å². The van der Waals surface area contributed by atoms with E-state index in [0.29, 0.717) is 5.41 Å². The molecule has 0 aromatic rings. The van der Waals surface area contributed by atoms with Gasteiger partial charge >= 0.3 is 0 Å². The van der Waals surface area contributed by atoms with Crippen molar-refractivity contribution in [3.05, 3.63) is 11.6 Å². The molecule has 0 spiro atoms. The molecule has 0 aromatic carbocycles. The summed E-state index contributed by atoms with van der Waals surface area (Å²) in [5.41, 5.74) is 1.93. The molecule has 0 aromatic heterocycles. The molecule has 0 radical (unpaired) electrons. The van der Waals surface area contributed by atoms with Gasteiger partial charge in [-0.2, -0.15) is 0 Å². The van der Waals surface area contributed by atoms with Gasteiger partial charge in [-0.25, -0.2) is 0 Å². The molecule has 2 atom stereocenters. The molecule has 1 saturated carbocycles. The molecule has 70 valence electrons. The number of halogens is 1. The first-order valence-corrected chi connectivity index (χ1v) is 5.33. The summed E-state index contributed by atoms with van der Waals surface area (Å²) >= 11 is 5.95. The number of rotatable bonds is 4. The third-order valence-corrected chi connectivity index (χ3v) is 3.59. The van der Waals surface area contributed by atoms with E-state index in [4.69, 9.17) is 11.6 Å². The summed E-state index contributed by atoms with van der Waals surface area (Å²) in [6.07, 6.45) is 6.15. The zero-order valence-corrected chi connectivity index (χ0v) is 9.12. The standard InChI is InChI=1S/C11H19Cl/c1-9(2)5-4-6-11(8-12)7-10(11)3/h5,10H,4,6-8H2,1-3H3. The molecule has 0 N–H and O–H groups in total. The first kappa shape index (κ1) is 10.1. The molecule has 2 unspecified atom stereocenters. The molecule has 0 heterocycles. The Kier molecular flexibility index (Phi) is 3.22. The van der Waals surface area contributed by atoms with Crippen LogP contribution in [0.25, 0.3) is 0 Å². The third kappa shape index (κ3) is 2.26. The van der Waals surface area contributed by atoms with Gasteiger partial charge in [0.05, 0.1) is 0 Å². The van der Waals surface area contributed by atoms with Crippen LogP contribution in [0.1, 0.15) is 40.0 Å². The van der Waals surface area contributed by atoms with Crippen molar-refractivity contribution in [3.63, 3.8) is 0 Å². The number of hydrogen-bond acceptors (Lipinski definition) is 0. The molecular formula is C11H19Cl. The van der Waals surface area contributed by atoms with Crippen molar-refractivity contribution in [2.75, 3.05) is 5.88 Å². The van der Waals surface area contributed by atoms with Crippen LogP contribution in [0.4, 0.5) is 0 Å². The van der Waals surface area contributed by atoms with E-state index in [-0.39, 0.29) is 0 Å². The summed E-state index contributed by atoms with van der Waals surface area (Å²) in [6, 6.07) is 0. The lowest BCUT2D eigenvalue weighted by Gasteiger charge is -2.10. The molecule has 1 rings (SSSR count). The molecule has 1 fully saturated rings. The predicted molar refractivity (Wildman–Crippen MR) is 55.6 cm³/mol. The number of alkyl halides is 1. The van der Waals surface area contributed by atoms with Crippen LogP contribution in [0.15, 0.2) is 11.6 Å². The molecule has 1 aliphatic rings. The summed E-state index contributed by atoms with van der Waals surface area (Å²) < 4.78 is 0. The monoisotopic (exact) mass is 186 g/mol. The van der Waals surface area contributed by atoms with Gasteiger partial charge in [-0.15, -0.1) is 11.6 Å². The van der Waals surface area contributed by atoms with Gasteiger partial charge in [-0.1, -0.05) is 18.6 Å². The maximum atomic E-state index is 5.95. The maximum Gasteiger partial charge on any atom is 0.0282 e. The minimum absolute atomic E-state index is 0.507. The fourth-order valence-corrected chi connectivity index (χ4v) is 2.31. The average Bonchev–Trinajstić information content (AvgIpc) is 2.62. The Bertz CT molecular complexity index is 175. The Labute approximate surface area is 81.0 Å². The lowest BCUT2D eigenvalue weighted by molar-refractivity contribution is 0.486. The van der Waals surface area contributed by atoms with Gasteiger partial charge in [0.2, 0.25) is 0 Å². The highest BCUT2D eigenvalue weighted by Crippen LogP contribution is 2.56. The van der Waals surface area contributed by atoms with Crippen molar-refractivity contribution in [2.45, 2.75) is 40.0 Å². The molecule has 0 aliphatic heterocycles. The highest BCUT2D eigenvalue weighted by molar-refractivity contribution is 6.18. The average molecular weight is 187 g/mol. The van der Waals surface area contributed by atoms with Crippen LogP contribution in [0.2, 0.25) is 0 Å². The first-order valence-electron chi connectivity index (χ1n) is 4.80. The normalized spacial score (nSPS) is 33.2. The van der Waals surface area contributed by atoms with Crippen molar-refractivity contribution in [3.8, 4) is 0 Å². The van der Waals surface area contributed by atoms with E-state index in [1.807, 2.05) is 0 Å². The van der Waals surface area contributed by atoms with Crippen LogP contribution in [0, 0.1) is 11.3 Å². The first-order chi connectivity index (χ1) is 5.60. The fourth-order valence-electron chi connectivity index (χ4n) is 1.80. The molecule has 0 bridgehead atoms. The van der Waals surface area contributed by atoms with Crippen molar-refractivity contribution >= 4 is 11.6 Å². The van der Waals surface area contributed by atoms with E-state index in [2.05, 4.69) is 26.8 Å².